The average molecular weight is 496 g/mol. The molecular weight excluding hydrogens is 453 g/mol. The summed E-state index contributed by atoms with van der Waals surface area (Å²) < 4.78 is 11.3. The maximum Gasteiger partial charge on any atom is 0.348 e. The van der Waals surface area contributed by atoms with E-state index >= 15 is 0 Å². The summed E-state index contributed by atoms with van der Waals surface area (Å²) >= 11 is 0. The Morgan fingerprint density at radius 2 is 1.56 bits per heavy atom. The summed E-state index contributed by atoms with van der Waals surface area (Å²) in [5, 5.41) is 6.07. The second-order valence-corrected chi connectivity index (χ2v) is 12.2. The molecule has 1 rings (SSSR count). The van der Waals surface area contributed by atoms with E-state index < -0.39 is 36.6 Å². The fraction of sp³-hybridized carbons (Fsp3) is 0.600. The lowest BCUT2D eigenvalue weighted by atomic mass is 9.76. The highest BCUT2D eigenvalue weighted by Crippen LogP contribution is 2.37. The molecule has 0 fully saturated rings. The molecule has 2 amide bonds. The number of amides is 2. The van der Waals surface area contributed by atoms with Gasteiger partial charge in [0.2, 0.25) is 11.8 Å². The SMILES string of the molecule is CN[C@H](C(=O)N[C@H](C(=O)N(C)[C@H](/C=C/P(=O)(O)O)C(C)C)C(C)(C)C)C(C)(C)c1ccccc1. The number of likely N-dealkylation sites (N-methyl/N-ethyl adjacent to an activating group) is 2. The van der Waals surface area contributed by atoms with Crippen LogP contribution in [-0.2, 0) is 19.6 Å². The van der Waals surface area contributed by atoms with Crippen LogP contribution in [0.25, 0.3) is 0 Å². The van der Waals surface area contributed by atoms with Gasteiger partial charge in [0.25, 0.3) is 0 Å². The van der Waals surface area contributed by atoms with Gasteiger partial charge >= 0.3 is 7.60 Å². The molecule has 0 heterocycles. The second-order valence-electron chi connectivity index (χ2n) is 10.7. The predicted molar refractivity (Wildman–Crippen MR) is 136 cm³/mol. The zero-order valence-corrected chi connectivity index (χ0v) is 22.8. The zero-order chi connectivity index (χ0) is 26.5. The fourth-order valence-corrected chi connectivity index (χ4v) is 4.48. The van der Waals surface area contributed by atoms with Crippen LogP contribution in [0.4, 0.5) is 0 Å². The van der Waals surface area contributed by atoms with Gasteiger partial charge in [-0.1, -0.05) is 84.9 Å². The summed E-state index contributed by atoms with van der Waals surface area (Å²) in [4.78, 5) is 47.0. The summed E-state index contributed by atoms with van der Waals surface area (Å²) in [5.41, 5.74) is -0.169. The van der Waals surface area contributed by atoms with Crippen LogP contribution < -0.4 is 10.6 Å². The number of hydrogen-bond donors (Lipinski definition) is 4. The van der Waals surface area contributed by atoms with Crippen LogP contribution in [0.3, 0.4) is 0 Å². The number of nitrogens with zero attached hydrogens (tertiary/aromatic N) is 1. The van der Waals surface area contributed by atoms with Crippen molar-refractivity contribution in [3.8, 4) is 0 Å². The molecule has 3 atom stereocenters. The second kappa shape index (κ2) is 11.6. The predicted octanol–water partition coefficient (Wildman–Crippen LogP) is 3.26. The van der Waals surface area contributed by atoms with E-state index in [2.05, 4.69) is 10.6 Å². The summed E-state index contributed by atoms with van der Waals surface area (Å²) in [6.45, 7) is 13.3. The maximum absolute atomic E-state index is 13.6. The average Bonchev–Trinajstić information content (AvgIpc) is 2.70. The molecule has 0 unspecified atom stereocenters. The highest BCUT2D eigenvalue weighted by Gasteiger charge is 2.41. The monoisotopic (exact) mass is 495 g/mol. The highest BCUT2D eigenvalue weighted by molar-refractivity contribution is 7.55. The largest absolute Gasteiger partial charge is 0.348 e. The van der Waals surface area contributed by atoms with Crippen molar-refractivity contribution in [1.82, 2.24) is 15.5 Å². The molecule has 4 N–H and O–H groups in total. The minimum atomic E-state index is -4.37. The number of rotatable bonds is 10. The maximum atomic E-state index is 13.6. The first-order chi connectivity index (χ1) is 15.4. The van der Waals surface area contributed by atoms with E-state index in [4.69, 9.17) is 0 Å². The van der Waals surface area contributed by atoms with Crippen LogP contribution in [0.5, 0.6) is 0 Å². The standard InChI is InChI=1S/C25H42N3O5P/c1-17(2)19(15-16-34(31,32)33)28(9)23(30)21(24(3,4)5)27-22(29)20(26-8)25(6,7)18-13-11-10-12-14-18/h10-17,19-21,26H,1-9H3,(H,27,29)(H2,31,32,33)/b16-15+/t19-,20-,21-/m1/s1. The number of carbonyl (C=O) groups excluding carboxylic acids is 2. The normalized spacial score (nSPS) is 15.8. The van der Waals surface area contributed by atoms with Gasteiger partial charge in [0, 0.05) is 18.3 Å². The lowest BCUT2D eigenvalue weighted by Gasteiger charge is -2.39. The third-order valence-electron chi connectivity index (χ3n) is 6.15. The fourth-order valence-electron chi connectivity index (χ4n) is 4.08. The van der Waals surface area contributed by atoms with Gasteiger partial charge in [0.15, 0.2) is 0 Å². The lowest BCUT2D eigenvalue weighted by Crippen LogP contribution is -2.61. The Kier molecular flexibility index (Phi) is 10.3. The van der Waals surface area contributed by atoms with Crippen LogP contribution >= 0.6 is 7.60 Å². The van der Waals surface area contributed by atoms with Crippen molar-refractivity contribution in [3.05, 3.63) is 47.8 Å². The van der Waals surface area contributed by atoms with Crippen molar-refractivity contribution in [1.29, 1.82) is 0 Å². The van der Waals surface area contributed by atoms with Gasteiger partial charge in [-0.25, -0.2) is 0 Å². The van der Waals surface area contributed by atoms with Crippen LogP contribution in [0.1, 0.15) is 54.0 Å². The summed E-state index contributed by atoms with van der Waals surface area (Å²) in [6, 6.07) is 7.71. The van der Waals surface area contributed by atoms with E-state index in [1.807, 2.05) is 78.8 Å². The van der Waals surface area contributed by atoms with E-state index in [1.165, 1.54) is 11.0 Å². The first-order valence-corrected chi connectivity index (χ1v) is 13.2. The quantitative estimate of drug-likeness (QED) is 0.370. The van der Waals surface area contributed by atoms with E-state index in [9.17, 15) is 23.9 Å². The van der Waals surface area contributed by atoms with Gasteiger partial charge in [-0.3, -0.25) is 14.2 Å². The summed E-state index contributed by atoms with van der Waals surface area (Å²) in [7, 11) is -1.06. The Balaban J connectivity index is 3.26. The van der Waals surface area contributed by atoms with E-state index in [0.717, 1.165) is 11.4 Å². The highest BCUT2D eigenvalue weighted by atomic mass is 31.2. The molecule has 0 aliphatic heterocycles. The minimum Gasteiger partial charge on any atom is -0.342 e. The molecule has 1 aromatic rings. The Morgan fingerprint density at radius 3 is 1.97 bits per heavy atom. The smallest absolute Gasteiger partial charge is 0.342 e. The number of carbonyl (C=O) groups is 2. The molecule has 0 bridgehead atoms. The van der Waals surface area contributed by atoms with E-state index in [-0.39, 0.29) is 17.7 Å². The van der Waals surface area contributed by atoms with Crippen molar-refractivity contribution in [2.24, 2.45) is 11.3 Å². The van der Waals surface area contributed by atoms with Crippen molar-refractivity contribution in [3.63, 3.8) is 0 Å². The Bertz CT molecular complexity index is 903. The molecule has 0 saturated heterocycles. The minimum absolute atomic E-state index is 0.102. The number of benzene rings is 1. The summed E-state index contributed by atoms with van der Waals surface area (Å²) in [6.07, 6.45) is 1.36. The van der Waals surface area contributed by atoms with Gasteiger partial charge in [0.05, 0.1) is 12.1 Å². The van der Waals surface area contributed by atoms with Gasteiger partial charge in [-0.05, 0) is 23.9 Å². The summed E-state index contributed by atoms with van der Waals surface area (Å²) in [5.74, 6) is 0.0910. The van der Waals surface area contributed by atoms with E-state index in [1.54, 1.807) is 14.1 Å². The van der Waals surface area contributed by atoms with Crippen molar-refractivity contribution in [2.75, 3.05) is 14.1 Å². The van der Waals surface area contributed by atoms with Gasteiger partial charge < -0.3 is 25.3 Å². The topological polar surface area (TPSA) is 119 Å². The van der Waals surface area contributed by atoms with Crippen molar-refractivity contribution in [2.45, 2.75) is 72.0 Å². The first kappa shape index (κ1) is 30.0. The third-order valence-corrected chi connectivity index (χ3v) is 6.71. The molecule has 0 radical (unpaired) electrons. The van der Waals surface area contributed by atoms with Crippen LogP contribution in [0.2, 0.25) is 0 Å². The van der Waals surface area contributed by atoms with Crippen molar-refractivity contribution < 1.29 is 23.9 Å². The molecular formula is C25H42N3O5P. The Hall–Kier alpha value is -1.99. The van der Waals surface area contributed by atoms with Crippen LogP contribution in [0, 0.1) is 11.3 Å². The molecule has 9 heteroatoms. The Morgan fingerprint density at radius 1 is 1.03 bits per heavy atom. The molecule has 1 aromatic carbocycles. The van der Waals surface area contributed by atoms with Gasteiger partial charge in [-0.15, -0.1) is 0 Å². The number of hydrogen-bond acceptors (Lipinski definition) is 4. The third kappa shape index (κ3) is 8.05. The van der Waals surface area contributed by atoms with Gasteiger partial charge in [0.1, 0.15) is 6.04 Å². The zero-order valence-electron chi connectivity index (χ0n) is 21.9. The first-order valence-electron chi connectivity index (χ1n) is 11.5. The molecule has 0 spiro atoms. The molecule has 0 aliphatic carbocycles. The van der Waals surface area contributed by atoms with Gasteiger partial charge in [-0.2, -0.15) is 0 Å². The van der Waals surface area contributed by atoms with Crippen LogP contribution in [-0.4, -0.2) is 58.7 Å². The molecule has 0 aliphatic rings. The van der Waals surface area contributed by atoms with Crippen LogP contribution in [0.15, 0.2) is 42.2 Å². The van der Waals surface area contributed by atoms with E-state index in [0.29, 0.717) is 0 Å². The molecule has 0 aromatic heterocycles. The number of nitrogens with one attached hydrogen (secondary N) is 2. The molecule has 192 valence electrons. The lowest BCUT2D eigenvalue weighted by molar-refractivity contribution is -0.140. The molecule has 8 nitrogen and oxygen atoms in total. The van der Waals surface area contributed by atoms with Crippen molar-refractivity contribution >= 4 is 19.4 Å². The molecule has 0 saturated carbocycles. The Labute approximate surface area is 204 Å². The molecule has 34 heavy (non-hydrogen) atoms.